The van der Waals surface area contributed by atoms with Crippen LogP contribution in [0.3, 0.4) is 0 Å². The number of rotatable bonds is 8. The van der Waals surface area contributed by atoms with Gasteiger partial charge in [0, 0.05) is 25.0 Å². The van der Waals surface area contributed by atoms with E-state index in [1.54, 1.807) is 49.9 Å². The maximum absolute atomic E-state index is 13.2. The Hall–Kier alpha value is -3.91. The van der Waals surface area contributed by atoms with Crippen LogP contribution in [0.2, 0.25) is 0 Å². The Morgan fingerprint density at radius 1 is 1.00 bits per heavy atom. The molecule has 0 unspecified atom stereocenters. The van der Waals surface area contributed by atoms with Crippen molar-refractivity contribution >= 4 is 27.9 Å². The summed E-state index contributed by atoms with van der Waals surface area (Å²) in [6.45, 7) is 0.335. The minimum atomic E-state index is -3.88. The number of aromatic nitrogens is 2. The summed E-state index contributed by atoms with van der Waals surface area (Å²) in [4.78, 5) is 8.49. The first-order valence-electron chi connectivity index (χ1n) is 9.82. The van der Waals surface area contributed by atoms with Gasteiger partial charge in [-0.2, -0.15) is 4.98 Å². The van der Waals surface area contributed by atoms with E-state index in [-0.39, 0.29) is 21.7 Å². The molecule has 0 aliphatic heterocycles. The van der Waals surface area contributed by atoms with Crippen molar-refractivity contribution in [3.05, 3.63) is 96.1 Å². The number of methoxy groups -OCH3 is 1. The molecule has 0 fully saturated rings. The number of anilines is 1. The SMILES string of the molecule is COc1ccc(C=Cc2nc(S(=O)(=O)c3ccccc3)c(NCc3cccnc3)o2)cc1. The molecule has 0 radical (unpaired) electrons. The number of pyridine rings is 1. The standard InChI is InChI=1S/C24H21N3O4S/c1-30-20-12-9-18(10-13-20)11-14-22-27-24(32(28,29)21-7-3-2-4-8-21)23(31-22)26-17-19-6-5-15-25-16-19/h2-16,26H,17H2,1H3. The zero-order chi connectivity index (χ0) is 22.4. The third kappa shape index (κ3) is 4.87. The normalized spacial score (nSPS) is 11.5. The first-order chi connectivity index (χ1) is 15.6. The molecule has 2 aromatic heterocycles. The summed E-state index contributed by atoms with van der Waals surface area (Å²) >= 11 is 0. The fourth-order valence-electron chi connectivity index (χ4n) is 2.97. The smallest absolute Gasteiger partial charge is 0.234 e. The van der Waals surface area contributed by atoms with Crippen molar-refractivity contribution in [3.8, 4) is 5.75 Å². The Labute approximate surface area is 186 Å². The summed E-state index contributed by atoms with van der Waals surface area (Å²) in [6.07, 6.45) is 6.78. The second kappa shape index (κ2) is 9.49. The van der Waals surface area contributed by atoms with Gasteiger partial charge in [0.05, 0.1) is 12.0 Å². The van der Waals surface area contributed by atoms with Gasteiger partial charge in [-0.15, -0.1) is 0 Å². The molecule has 2 aromatic carbocycles. The van der Waals surface area contributed by atoms with Gasteiger partial charge in [0.2, 0.25) is 26.6 Å². The highest BCUT2D eigenvalue weighted by atomic mass is 32.2. The van der Waals surface area contributed by atoms with E-state index in [1.807, 2.05) is 36.4 Å². The van der Waals surface area contributed by atoms with Crippen LogP contribution in [0.5, 0.6) is 5.75 Å². The zero-order valence-electron chi connectivity index (χ0n) is 17.3. The average Bonchev–Trinajstić information content (AvgIpc) is 3.27. The summed E-state index contributed by atoms with van der Waals surface area (Å²) in [5.41, 5.74) is 1.77. The molecule has 0 saturated carbocycles. The predicted molar refractivity (Wildman–Crippen MR) is 122 cm³/mol. The highest BCUT2D eigenvalue weighted by molar-refractivity contribution is 7.91. The molecule has 1 N–H and O–H groups in total. The van der Waals surface area contributed by atoms with Crippen molar-refractivity contribution in [3.63, 3.8) is 0 Å². The first kappa shape index (κ1) is 21.3. The van der Waals surface area contributed by atoms with E-state index in [1.165, 1.54) is 12.1 Å². The van der Waals surface area contributed by atoms with E-state index in [0.29, 0.717) is 6.54 Å². The van der Waals surface area contributed by atoms with E-state index >= 15 is 0 Å². The van der Waals surface area contributed by atoms with E-state index < -0.39 is 9.84 Å². The number of ether oxygens (including phenoxy) is 1. The Bertz CT molecular complexity index is 1300. The Morgan fingerprint density at radius 3 is 2.47 bits per heavy atom. The van der Waals surface area contributed by atoms with Gasteiger partial charge in [-0.25, -0.2) is 8.42 Å². The fraction of sp³-hybridized carbons (Fsp3) is 0.0833. The minimum absolute atomic E-state index is 0.0760. The van der Waals surface area contributed by atoms with E-state index in [0.717, 1.165) is 16.9 Å². The summed E-state index contributed by atoms with van der Waals surface area (Å²) in [5, 5.41) is 2.88. The van der Waals surface area contributed by atoms with Crippen molar-refractivity contribution in [2.24, 2.45) is 0 Å². The van der Waals surface area contributed by atoms with Crippen molar-refractivity contribution < 1.29 is 17.6 Å². The van der Waals surface area contributed by atoms with Crippen LogP contribution < -0.4 is 10.1 Å². The minimum Gasteiger partial charge on any atom is -0.497 e. The van der Waals surface area contributed by atoms with Crippen LogP contribution in [0, 0.1) is 0 Å². The lowest BCUT2D eigenvalue weighted by molar-refractivity contribution is 0.415. The van der Waals surface area contributed by atoms with Gasteiger partial charge in [-0.3, -0.25) is 4.98 Å². The molecule has 0 spiro atoms. The summed E-state index contributed by atoms with van der Waals surface area (Å²) in [7, 11) is -2.28. The largest absolute Gasteiger partial charge is 0.497 e. The molecule has 4 rings (SSSR count). The van der Waals surface area contributed by atoms with Crippen LogP contribution in [0.1, 0.15) is 17.0 Å². The summed E-state index contributed by atoms with van der Waals surface area (Å²) in [5.74, 6) is 0.993. The summed E-state index contributed by atoms with van der Waals surface area (Å²) in [6, 6.07) is 19.3. The lowest BCUT2D eigenvalue weighted by Crippen LogP contribution is -2.07. The molecule has 32 heavy (non-hydrogen) atoms. The van der Waals surface area contributed by atoms with Crippen LogP contribution in [-0.4, -0.2) is 25.5 Å². The second-order valence-electron chi connectivity index (χ2n) is 6.82. The molecule has 8 heteroatoms. The van der Waals surface area contributed by atoms with Crippen molar-refractivity contribution in [2.45, 2.75) is 16.5 Å². The molecule has 2 heterocycles. The second-order valence-corrected chi connectivity index (χ2v) is 8.69. The first-order valence-corrected chi connectivity index (χ1v) is 11.3. The topological polar surface area (TPSA) is 94.3 Å². The van der Waals surface area contributed by atoms with E-state index in [4.69, 9.17) is 9.15 Å². The third-order valence-corrected chi connectivity index (χ3v) is 6.31. The van der Waals surface area contributed by atoms with Crippen LogP contribution in [0.25, 0.3) is 12.2 Å². The van der Waals surface area contributed by atoms with Gasteiger partial charge in [0.15, 0.2) is 0 Å². The molecule has 0 saturated heterocycles. The Morgan fingerprint density at radius 2 is 1.78 bits per heavy atom. The van der Waals surface area contributed by atoms with Crippen molar-refractivity contribution in [1.82, 2.24) is 9.97 Å². The van der Waals surface area contributed by atoms with Gasteiger partial charge < -0.3 is 14.5 Å². The average molecular weight is 448 g/mol. The van der Waals surface area contributed by atoms with E-state index in [2.05, 4.69) is 15.3 Å². The number of hydrogen-bond acceptors (Lipinski definition) is 7. The molecule has 0 bridgehead atoms. The molecule has 0 aliphatic carbocycles. The van der Waals surface area contributed by atoms with Crippen molar-refractivity contribution in [2.75, 3.05) is 12.4 Å². The number of nitrogens with zero attached hydrogens (tertiary/aromatic N) is 2. The quantitative estimate of drug-likeness (QED) is 0.419. The number of sulfone groups is 1. The van der Waals surface area contributed by atoms with Crippen LogP contribution in [0.4, 0.5) is 5.88 Å². The Balaban J connectivity index is 1.66. The molecule has 0 atom stereocenters. The number of benzene rings is 2. The number of nitrogens with one attached hydrogen (secondary N) is 1. The van der Waals surface area contributed by atoms with Crippen molar-refractivity contribution in [1.29, 1.82) is 0 Å². The Kier molecular flexibility index (Phi) is 6.32. The predicted octanol–water partition coefficient (Wildman–Crippen LogP) is 4.69. The third-order valence-electron chi connectivity index (χ3n) is 4.63. The van der Waals surface area contributed by atoms with Gasteiger partial charge >= 0.3 is 0 Å². The highest BCUT2D eigenvalue weighted by Crippen LogP contribution is 2.29. The highest BCUT2D eigenvalue weighted by Gasteiger charge is 2.27. The van der Waals surface area contributed by atoms with Gasteiger partial charge in [0.25, 0.3) is 0 Å². The molecule has 0 amide bonds. The maximum atomic E-state index is 13.2. The fourth-order valence-corrected chi connectivity index (χ4v) is 4.27. The van der Waals surface area contributed by atoms with E-state index in [9.17, 15) is 8.42 Å². The molecular weight excluding hydrogens is 426 g/mol. The maximum Gasteiger partial charge on any atom is 0.234 e. The number of hydrogen-bond donors (Lipinski definition) is 1. The zero-order valence-corrected chi connectivity index (χ0v) is 18.1. The molecule has 7 nitrogen and oxygen atoms in total. The van der Waals surface area contributed by atoms with Crippen LogP contribution in [-0.2, 0) is 16.4 Å². The molecule has 162 valence electrons. The number of oxazole rings is 1. The van der Waals surface area contributed by atoms with Gasteiger partial charge in [-0.05, 0) is 47.5 Å². The van der Waals surface area contributed by atoms with Crippen LogP contribution >= 0.6 is 0 Å². The lowest BCUT2D eigenvalue weighted by atomic mass is 10.2. The van der Waals surface area contributed by atoms with Crippen LogP contribution in [0.15, 0.2) is 93.5 Å². The summed E-state index contributed by atoms with van der Waals surface area (Å²) < 4.78 is 37.4. The molecule has 0 aliphatic rings. The molecular formula is C24H21N3O4S. The molecule has 4 aromatic rings. The van der Waals surface area contributed by atoms with Gasteiger partial charge in [-0.1, -0.05) is 36.4 Å². The van der Waals surface area contributed by atoms with Gasteiger partial charge in [0.1, 0.15) is 5.75 Å². The monoisotopic (exact) mass is 447 g/mol. The lowest BCUT2D eigenvalue weighted by Gasteiger charge is -2.06.